The van der Waals surface area contributed by atoms with Gasteiger partial charge in [0.15, 0.2) is 0 Å². The zero-order valence-corrected chi connectivity index (χ0v) is 19.7. The monoisotopic (exact) mass is 462 g/mol. The van der Waals surface area contributed by atoms with E-state index in [0.29, 0.717) is 37.3 Å². The molecule has 0 amide bonds. The topological polar surface area (TPSA) is 84.7 Å². The summed E-state index contributed by atoms with van der Waals surface area (Å²) in [5.41, 5.74) is 1.80. The maximum atomic E-state index is 12.8. The summed E-state index contributed by atoms with van der Waals surface area (Å²) in [5.74, 6) is 0.661. The number of thiophene rings is 1. The first-order chi connectivity index (χ1) is 14.7. The highest BCUT2D eigenvalue weighted by atomic mass is 32.2. The van der Waals surface area contributed by atoms with Crippen LogP contribution < -0.4 is 10.3 Å². The van der Waals surface area contributed by atoms with Gasteiger partial charge in [-0.25, -0.2) is 8.42 Å². The lowest BCUT2D eigenvalue weighted by Crippen LogP contribution is -2.52. The Bertz CT molecular complexity index is 1280. The summed E-state index contributed by atoms with van der Waals surface area (Å²) >= 11 is 1.60. The number of hydrogen-bond donors (Lipinski definition) is 0. The van der Waals surface area contributed by atoms with Crippen molar-refractivity contribution in [1.29, 1.82) is 0 Å². The van der Waals surface area contributed by atoms with Gasteiger partial charge >= 0.3 is 0 Å². The van der Waals surface area contributed by atoms with Crippen LogP contribution in [-0.2, 0) is 23.6 Å². The second kappa shape index (κ2) is 8.34. The Kier molecular flexibility index (Phi) is 5.91. The lowest BCUT2D eigenvalue weighted by Gasteiger charge is -2.38. The van der Waals surface area contributed by atoms with Gasteiger partial charge in [0, 0.05) is 72.4 Å². The van der Waals surface area contributed by atoms with E-state index < -0.39 is 10.0 Å². The number of aromatic nitrogens is 2. The van der Waals surface area contributed by atoms with E-state index in [1.807, 2.05) is 25.3 Å². The predicted octanol–water partition coefficient (Wildman–Crippen LogP) is 2.14. The van der Waals surface area contributed by atoms with Crippen LogP contribution in [0.25, 0.3) is 21.2 Å². The molecular formula is C21H26N4O4S2. The van der Waals surface area contributed by atoms with Crippen LogP contribution in [0.5, 0.6) is 5.75 Å². The SMILES string of the molecule is COc1cncc(-c2cn(C)c(=O)c3cc(CN4CCN(S(C)(=O)=O)C[C@@H]4C)sc23)c1. The summed E-state index contributed by atoms with van der Waals surface area (Å²) in [6.07, 6.45) is 6.52. The molecule has 0 radical (unpaired) electrons. The fraction of sp³-hybridized carbons (Fsp3) is 0.429. The third kappa shape index (κ3) is 4.38. The molecule has 3 aromatic rings. The van der Waals surface area contributed by atoms with Crippen LogP contribution in [-0.4, -0.2) is 66.2 Å². The van der Waals surface area contributed by atoms with Crippen molar-refractivity contribution in [3.05, 3.63) is 46.0 Å². The first kappa shape index (κ1) is 21.9. The highest BCUT2D eigenvalue weighted by molar-refractivity contribution is 7.88. The molecule has 1 atom stereocenters. The minimum absolute atomic E-state index is 0.0351. The molecule has 0 spiro atoms. The van der Waals surface area contributed by atoms with E-state index in [0.717, 1.165) is 20.7 Å². The van der Waals surface area contributed by atoms with E-state index in [2.05, 4.69) is 9.88 Å². The van der Waals surface area contributed by atoms with Crippen LogP contribution in [0.2, 0.25) is 0 Å². The lowest BCUT2D eigenvalue weighted by molar-refractivity contribution is 0.123. The van der Waals surface area contributed by atoms with Gasteiger partial charge in [-0.15, -0.1) is 11.3 Å². The van der Waals surface area contributed by atoms with Crippen LogP contribution in [0.3, 0.4) is 0 Å². The third-order valence-corrected chi connectivity index (χ3v) is 8.14. The van der Waals surface area contributed by atoms with Gasteiger partial charge in [-0.3, -0.25) is 14.7 Å². The van der Waals surface area contributed by atoms with Gasteiger partial charge in [0.05, 0.1) is 24.9 Å². The number of hydrogen-bond acceptors (Lipinski definition) is 7. The molecule has 0 saturated carbocycles. The summed E-state index contributed by atoms with van der Waals surface area (Å²) in [5, 5.41) is 0.685. The molecule has 1 saturated heterocycles. The summed E-state index contributed by atoms with van der Waals surface area (Å²) < 4.78 is 33.1. The zero-order valence-electron chi connectivity index (χ0n) is 18.0. The van der Waals surface area contributed by atoms with Crippen molar-refractivity contribution in [2.45, 2.75) is 19.5 Å². The van der Waals surface area contributed by atoms with Gasteiger partial charge in [0.1, 0.15) is 5.75 Å². The standard InChI is InChI=1S/C21H26N4O4S2/c1-14-11-25(31(4,27)28)6-5-24(14)12-17-8-18-20(30-17)19(13-23(2)21(18)26)15-7-16(29-3)10-22-9-15/h7-10,13-14H,5-6,11-12H2,1-4H3/t14-/m0/s1. The van der Waals surface area contributed by atoms with E-state index in [1.165, 1.54) is 10.6 Å². The lowest BCUT2D eigenvalue weighted by atomic mass is 10.1. The number of rotatable bonds is 5. The van der Waals surface area contributed by atoms with Crippen LogP contribution >= 0.6 is 11.3 Å². The highest BCUT2D eigenvalue weighted by Crippen LogP contribution is 2.35. The molecule has 3 aromatic heterocycles. The quantitative estimate of drug-likeness (QED) is 0.578. The van der Waals surface area contributed by atoms with Crippen LogP contribution in [0.15, 0.2) is 35.5 Å². The first-order valence-electron chi connectivity index (χ1n) is 9.98. The number of sulfonamides is 1. The predicted molar refractivity (Wildman–Crippen MR) is 123 cm³/mol. The van der Waals surface area contributed by atoms with Gasteiger partial charge in [-0.05, 0) is 19.1 Å². The van der Waals surface area contributed by atoms with Crippen molar-refractivity contribution in [3.63, 3.8) is 0 Å². The first-order valence-corrected chi connectivity index (χ1v) is 12.6. The Morgan fingerprint density at radius 2 is 2.03 bits per heavy atom. The number of fused-ring (bicyclic) bond motifs is 1. The second-order valence-corrected chi connectivity index (χ2v) is 11.1. The maximum Gasteiger partial charge on any atom is 0.259 e. The normalized spacial score (nSPS) is 18.5. The van der Waals surface area contributed by atoms with E-state index in [9.17, 15) is 13.2 Å². The number of aryl methyl sites for hydroxylation is 1. The molecule has 4 heterocycles. The summed E-state index contributed by atoms with van der Waals surface area (Å²) in [4.78, 5) is 20.4. The zero-order chi connectivity index (χ0) is 22.3. The molecule has 0 unspecified atom stereocenters. The fourth-order valence-electron chi connectivity index (χ4n) is 3.96. The van der Waals surface area contributed by atoms with Crippen molar-refractivity contribution < 1.29 is 13.2 Å². The Balaban J connectivity index is 1.68. The Morgan fingerprint density at radius 1 is 1.26 bits per heavy atom. The highest BCUT2D eigenvalue weighted by Gasteiger charge is 2.29. The Morgan fingerprint density at radius 3 is 2.71 bits per heavy atom. The van der Waals surface area contributed by atoms with E-state index in [4.69, 9.17) is 4.74 Å². The summed E-state index contributed by atoms with van der Waals surface area (Å²) in [7, 11) is 0.176. The van der Waals surface area contributed by atoms with E-state index in [1.54, 1.807) is 42.5 Å². The molecule has 8 nitrogen and oxygen atoms in total. The van der Waals surface area contributed by atoms with Gasteiger partial charge in [-0.1, -0.05) is 0 Å². The molecular weight excluding hydrogens is 436 g/mol. The molecule has 31 heavy (non-hydrogen) atoms. The van der Waals surface area contributed by atoms with E-state index >= 15 is 0 Å². The molecule has 0 aliphatic carbocycles. The minimum atomic E-state index is -3.18. The minimum Gasteiger partial charge on any atom is -0.495 e. The maximum absolute atomic E-state index is 12.8. The number of methoxy groups -OCH3 is 1. The van der Waals surface area contributed by atoms with Gasteiger partial charge in [0.2, 0.25) is 10.0 Å². The molecule has 1 aliphatic rings. The van der Waals surface area contributed by atoms with Crippen LogP contribution in [0, 0.1) is 0 Å². The number of ether oxygens (including phenoxy) is 1. The third-order valence-electron chi connectivity index (χ3n) is 5.72. The van der Waals surface area contributed by atoms with Crippen molar-refractivity contribution >= 4 is 31.4 Å². The molecule has 4 rings (SSSR count). The summed E-state index contributed by atoms with van der Waals surface area (Å²) in [6, 6.07) is 3.98. The number of pyridine rings is 2. The molecule has 10 heteroatoms. The van der Waals surface area contributed by atoms with Gasteiger partial charge < -0.3 is 9.30 Å². The summed E-state index contributed by atoms with van der Waals surface area (Å²) in [6.45, 7) is 4.34. The number of piperazine rings is 1. The van der Waals surface area contributed by atoms with Crippen molar-refractivity contribution in [2.75, 3.05) is 33.0 Å². The van der Waals surface area contributed by atoms with E-state index in [-0.39, 0.29) is 11.6 Å². The second-order valence-electron chi connectivity index (χ2n) is 7.97. The number of nitrogens with zero attached hydrogens (tertiary/aromatic N) is 4. The Hall–Kier alpha value is -2.27. The molecule has 1 fully saturated rings. The Labute approximate surface area is 185 Å². The van der Waals surface area contributed by atoms with Gasteiger partial charge in [-0.2, -0.15) is 4.31 Å². The molecule has 1 aliphatic heterocycles. The largest absolute Gasteiger partial charge is 0.495 e. The average Bonchev–Trinajstić information content (AvgIpc) is 3.15. The average molecular weight is 463 g/mol. The van der Waals surface area contributed by atoms with Crippen molar-refractivity contribution in [3.8, 4) is 16.9 Å². The van der Waals surface area contributed by atoms with Crippen molar-refractivity contribution in [2.24, 2.45) is 7.05 Å². The van der Waals surface area contributed by atoms with Crippen LogP contribution in [0.4, 0.5) is 0 Å². The smallest absolute Gasteiger partial charge is 0.259 e. The molecule has 166 valence electrons. The molecule has 0 N–H and O–H groups in total. The fourth-order valence-corrected chi connectivity index (χ4v) is 6.07. The molecule has 0 aromatic carbocycles. The molecule has 0 bridgehead atoms. The van der Waals surface area contributed by atoms with Gasteiger partial charge in [0.25, 0.3) is 5.56 Å². The van der Waals surface area contributed by atoms with Crippen LogP contribution in [0.1, 0.15) is 11.8 Å². The van der Waals surface area contributed by atoms with Crippen molar-refractivity contribution in [1.82, 2.24) is 18.8 Å².